The van der Waals surface area contributed by atoms with E-state index < -0.39 is 25.4 Å². The molecule has 0 amide bonds. The summed E-state index contributed by atoms with van der Waals surface area (Å²) in [4.78, 5) is 0. The molecule has 0 aliphatic rings. The second kappa shape index (κ2) is 11.7. The van der Waals surface area contributed by atoms with Crippen molar-refractivity contribution in [3.8, 4) is 11.5 Å². The molecule has 2 atom stereocenters. The number of hydrogen-bond donors (Lipinski definition) is 8. The summed E-state index contributed by atoms with van der Waals surface area (Å²) in [5.74, 6) is -0.255. The fourth-order valence-electron chi connectivity index (χ4n) is 3.72. The Morgan fingerprint density at radius 3 is 1.23 bits per heavy atom. The van der Waals surface area contributed by atoms with E-state index in [1.807, 2.05) is 41.5 Å². The number of rotatable bonds is 10. The molecule has 8 nitrogen and oxygen atoms in total. The Morgan fingerprint density at radius 2 is 0.943 bits per heavy atom. The lowest BCUT2D eigenvalue weighted by atomic mass is 9.92. The van der Waals surface area contributed by atoms with Crippen molar-refractivity contribution in [2.45, 2.75) is 84.5 Å². The average Bonchev–Trinajstić information content (AvgIpc) is 2.77. The van der Waals surface area contributed by atoms with Gasteiger partial charge >= 0.3 is 0 Å². The molecule has 0 radical (unpaired) electrons. The van der Waals surface area contributed by atoms with E-state index in [9.17, 15) is 30.6 Å². The van der Waals surface area contributed by atoms with Crippen molar-refractivity contribution in [2.24, 2.45) is 0 Å². The normalized spacial score (nSPS) is 14.2. The van der Waals surface area contributed by atoms with Gasteiger partial charge in [0.05, 0.1) is 25.4 Å². The summed E-state index contributed by atoms with van der Waals surface area (Å²) in [5, 5.41) is 68.9. The second-order valence-electron chi connectivity index (χ2n) is 11.2. The maximum absolute atomic E-state index is 10.7. The summed E-state index contributed by atoms with van der Waals surface area (Å²) < 4.78 is 0. The first kappa shape index (κ1) is 29.0. The molecule has 0 aliphatic heterocycles. The zero-order valence-electron chi connectivity index (χ0n) is 21.7. The lowest BCUT2D eigenvalue weighted by Crippen LogP contribution is -2.38. The first-order valence-corrected chi connectivity index (χ1v) is 11.9. The minimum atomic E-state index is -0.878. The highest BCUT2D eigenvalue weighted by molar-refractivity contribution is 5.51. The molecule has 2 unspecified atom stereocenters. The zero-order chi connectivity index (χ0) is 26.6. The van der Waals surface area contributed by atoms with Gasteiger partial charge in [0.15, 0.2) is 0 Å². The van der Waals surface area contributed by atoms with Crippen molar-refractivity contribution < 1.29 is 30.6 Å². The Labute approximate surface area is 208 Å². The Kier molecular flexibility index (Phi) is 9.70. The molecule has 2 aromatic carbocycles. The van der Waals surface area contributed by atoms with Crippen LogP contribution in [0.15, 0.2) is 24.3 Å². The van der Waals surface area contributed by atoms with Gasteiger partial charge < -0.3 is 41.3 Å². The lowest BCUT2D eigenvalue weighted by Gasteiger charge is -2.24. The first-order chi connectivity index (χ1) is 16.1. The summed E-state index contributed by atoms with van der Waals surface area (Å²) in [7, 11) is 0. The molecular weight excluding hydrogens is 448 g/mol. The van der Waals surface area contributed by atoms with Crippen molar-refractivity contribution in [2.75, 3.05) is 13.1 Å². The van der Waals surface area contributed by atoms with Gasteiger partial charge in [-0.05, 0) is 88.1 Å². The molecule has 8 heteroatoms. The minimum absolute atomic E-state index is 0.0676. The molecule has 196 valence electrons. The molecule has 2 rings (SSSR count). The summed E-state index contributed by atoms with van der Waals surface area (Å²) in [6.45, 7) is 11.6. The summed E-state index contributed by atoms with van der Waals surface area (Å²) in [6, 6.07) is 6.41. The molecule has 0 fully saturated rings. The molecule has 0 aromatic heterocycles. The molecule has 0 spiro atoms. The van der Waals surface area contributed by atoms with Gasteiger partial charge in [-0.2, -0.15) is 0 Å². The summed E-state index contributed by atoms with van der Waals surface area (Å²) in [5.41, 5.74) is 1.98. The number of aromatic hydroxyl groups is 2. The van der Waals surface area contributed by atoms with Crippen LogP contribution in [0.5, 0.6) is 11.5 Å². The monoisotopic (exact) mass is 490 g/mol. The molecule has 0 heterocycles. The van der Waals surface area contributed by atoms with Gasteiger partial charge in [0.2, 0.25) is 0 Å². The molecule has 2 aromatic rings. The Hall–Kier alpha value is -2.20. The third kappa shape index (κ3) is 8.45. The predicted molar refractivity (Wildman–Crippen MR) is 136 cm³/mol. The Bertz CT molecular complexity index is 915. The van der Waals surface area contributed by atoms with Crippen molar-refractivity contribution in [1.82, 2.24) is 10.6 Å². The molecular formula is C27H42N2O6. The number of benzene rings is 2. The van der Waals surface area contributed by atoms with Crippen molar-refractivity contribution in [3.63, 3.8) is 0 Å². The molecule has 0 bridgehead atoms. The third-order valence-corrected chi connectivity index (χ3v) is 5.72. The van der Waals surface area contributed by atoms with Crippen LogP contribution in [0.2, 0.25) is 0 Å². The van der Waals surface area contributed by atoms with E-state index in [4.69, 9.17) is 0 Å². The van der Waals surface area contributed by atoms with Crippen LogP contribution in [-0.4, -0.2) is 54.8 Å². The van der Waals surface area contributed by atoms with E-state index in [1.165, 1.54) is 0 Å². The van der Waals surface area contributed by atoms with Crippen LogP contribution in [-0.2, 0) is 19.6 Å². The fraction of sp³-hybridized carbons (Fsp3) is 0.556. The third-order valence-electron chi connectivity index (χ3n) is 5.72. The van der Waals surface area contributed by atoms with Crippen molar-refractivity contribution in [3.05, 3.63) is 57.6 Å². The van der Waals surface area contributed by atoms with Crippen LogP contribution in [0.3, 0.4) is 0 Å². The zero-order valence-corrected chi connectivity index (χ0v) is 21.7. The largest absolute Gasteiger partial charge is 0.507 e. The molecule has 0 aliphatic carbocycles. The van der Waals surface area contributed by atoms with E-state index in [2.05, 4.69) is 10.6 Å². The highest BCUT2D eigenvalue weighted by Gasteiger charge is 2.21. The molecule has 8 N–H and O–H groups in total. The highest BCUT2D eigenvalue weighted by atomic mass is 16.3. The van der Waals surface area contributed by atoms with Crippen molar-refractivity contribution >= 4 is 0 Å². The van der Waals surface area contributed by atoms with Crippen LogP contribution < -0.4 is 10.6 Å². The van der Waals surface area contributed by atoms with E-state index in [0.29, 0.717) is 22.3 Å². The number of nitrogens with one attached hydrogen (secondary N) is 2. The number of β-amino-alcohol motifs (C(OH)–C–C–N with tert-alkyl or cyclic N) is 2. The van der Waals surface area contributed by atoms with Crippen LogP contribution >= 0.6 is 0 Å². The van der Waals surface area contributed by atoms with Crippen LogP contribution in [0.1, 0.15) is 87.1 Å². The Morgan fingerprint density at radius 1 is 0.629 bits per heavy atom. The molecule has 0 saturated heterocycles. The fourth-order valence-corrected chi connectivity index (χ4v) is 3.72. The van der Waals surface area contributed by atoms with E-state index in [1.54, 1.807) is 24.3 Å². The van der Waals surface area contributed by atoms with Crippen LogP contribution in [0.25, 0.3) is 0 Å². The average molecular weight is 491 g/mol. The highest BCUT2D eigenvalue weighted by Crippen LogP contribution is 2.34. The number of hydrogen-bond acceptors (Lipinski definition) is 8. The first-order valence-electron chi connectivity index (χ1n) is 11.9. The van der Waals surface area contributed by atoms with E-state index >= 15 is 0 Å². The SMILES string of the molecule is CC(C)(C)NCC(O)c1cc(CO)c(O)c(Cc2cc(C(O)CNC(C)(C)C)cc(CO)c2O)c1. The maximum Gasteiger partial charge on any atom is 0.124 e. The van der Waals surface area contributed by atoms with Gasteiger partial charge in [-0.3, -0.25) is 0 Å². The standard InChI is InChI=1S/C27H42N2O6/c1-26(2,3)28-12-22(32)16-7-18(24(34)20(9-16)14-30)11-19-8-17(10-21(15-31)25(19)35)23(33)13-29-27(4,5)6/h7-10,22-23,28-35H,11-15H2,1-6H3. The van der Waals surface area contributed by atoms with Gasteiger partial charge in [0.1, 0.15) is 11.5 Å². The Balaban J connectivity index is 2.43. The lowest BCUT2D eigenvalue weighted by molar-refractivity contribution is 0.163. The predicted octanol–water partition coefficient (Wildman–Crippen LogP) is 2.52. The quantitative estimate of drug-likeness (QED) is 0.254. The number of aliphatic hydroxyl groups is 4. The number of phenols is 2. The van der Waals surface area contributed by atoms with Crippen molar-refractivity contribution in [1.29, 1.82) is 0 Å². The van der Waals surface area contributed by atoms with Gasteiger partial charge in [-0.15, -0.1) is 0 Å². The maximum atomic E-state index is 10.7. The smallest absolute Gasteiger partial charge is 0.124 e. The molecule has 35 heavy (non-hydrogen) atoms. The van der Waals surface area contributed by atoms with Gasteiger partial charge in [-0.25, -0.2) is 0 Å². The van der Waals surface area contributed by atoms with Gasteiger partial charge in [0.25, 0.3) is 0 Å². The van der Waals surface area contributed by atoms with E-state index in [-0.39, 0.29) is 53.2 Å². The van der Waals surface area contributed by atoms with Gasteiger partial charge in [-0.1, -0.05) is 0 Å². The minimum Gasteiger partial charge on any atom is -0.507 e. The van der Waals surface area contributed by atoms with E-state index in [0.717, 1.165) is 0 Å². The second-order valence-corrected chi connectivity index (χ2v) is 11.2. The van der Waals surface area contributed by atoms with Crippen LogP contribution in [0, 0.1) is 0 Å². The summed E-state index contributed by atoms with van der Waals surface area (Å²) in [6.07, 6.45) is -1.69. The number of aliphatic hydroxyl groups excluding tert-OH is 4. The topological polar surface area (TPSA) is 145 Å². The summed E-state index contributed by atoms with van der Waals surface area (Å²) >= 11 is 0. The van der Waals surface area contributed by atoms with Gasteiger partial charge in [0, 0.05) is 41.7 Å². The van der Waals surface area contributed by atoms with Crippen LogP contribution in [0.4, 0.5) is 0 Å². The molecule has 0 saturated carbocycles.